The molecular weight excluding hydrogens is 302 g/mol. The Labute approximate surface area is 131 Å². The third-order valence-electron chi connectivity index (χ3n) is 4.26. The molecule has 0 spiro atoms. The van der Waals surface area contributed by atoms with Gasteiger partial charge >= 0.3 is 0 Å². The lowest BCUT2D eigenvalue weighted by Gasteiger charge is -2.28. The first kappa shape index (κ1) is 15.2. The SMILES string of the molecule is Cc1c(C(=O)NC2CCCCC2O)sc2ncn(C)c(=O)c12. The van der Waals surface area contributed by atoms with Gasteiger partial charge in [-0.15, -0.1) is 11.3 Å². The Morgan fingerprint density at radius 3 is 2.91 bits per heavy atom. The highest BCUT2D eigenvalue weighted by atomic mass is 32.1. The second-order valence-electron chi connectivity index (χ2n) is 5.83. The third-order valence-corrected chi connectivity index (χ3v) is 5.46. The van der Waals surface area contributed by atoms with Gasteiger partial charge in [0.2, 0.25) is 0 Å². The van der Waals surface area contributed by atoms with E-state index in [4.69, 9.17) is 0 Å². The number of thiophene rings is 1. The largest absolute Gasteiger partial charge is 0.391 e. The number of nitrogens with one attached hydrogen (secondary N) is 1. The number of carbonyl (C=O) groups is 1. The van der Waals surface area contributed by atoms with E-state index in [0.29, 0.717) is 20.7 Å². The van der Waals surface area contributed by atoms with Crippen LogP contribution in [-0.2, 0) is 7.05 Å². The molecule has 1 saturated carbocycles. The average Bonchev–Trinajstić information content (AvgIpc) is 2.83. The topological polar surface area (TPSA) is 84.2 Å². The maximum absolute atomic E-state index is 12.5. The number of nitrogens with zero attached hydrogens (tertiary/aromatic N) is 2. The Hall–Kier alpha value is -1.73. The monoisotopic (exact) mass is 321 g/mol. The van der Waals surface area contributed by atoms with Crippen LogP contribution in [0.1, 0.15) is 40.9 Å². The van der Waals surface area contributed by atoms with Gasteiger partial charge in [0, 0.05) is 7.05 Å². The average molecular weight is 321 g/mol. The van der Waals surface area contributed by atoms with Crippen LogP contribution < -0.4 is 10.9 Å². The zero-order chi connectivity index (χ0) is 15.9. The maximum atomic E-state index is 12.5. The number of hydrogen-bond donors (Lipinski definition) is 2. The van der Waals surface area contributed by atoms with Gasteiger partial charge in [0.1, 0.15) is 4.83 Å². The van der Waals surface area contributed by atoms with E-state index in [1.807, 2.05) is 0 Å². The molecule has 2 N–H and O–H groups in total. The van der Waals surface area contributed by atoms with Crippen molar-refractivity contribution in [3.05, 3.63) is 27.1 Å². The van der Waals surface area contributed by atoms with E-state index in [-0.39, 0.29) is 17.5 Å². The summed E-state index contributed by atoms with van der Waals surface area (Å²) in [6.45, 7) is 1.77. The van der Waals surface area contributed by atoms with Gasteiger partial charge in [0.05, 0.1) is 28.7 Å². The van der Waals surface area contributed by atoms with Gasteiger partial charge in [-0.1, -0.05) is 12.8 Å². The molecule has 2 unspecified atom stereocenters. The standard InChI is InChI=1S/C15H19N3O3S/c1-8-11-14(16-7-18(2)15(11)21)22-12(8)13(20)17-9-5-3-4-6-10(9)19/h7,9-10,19H,3-6H2,1-2H3,(H,17,20). The van der Waals surface area contributed by atoms with Gasteiger partial charge < -0.3 is 15.0 Å². The van der Waals surface area contributed by atoms with Gasteiger partial charge in [-0.25, -0.2) is 4.98 Å². The molecular formula is C15H19N3O3S. The van der Waals surface area contributed by atoms with Gasteiger partial charge in [0.15, 0.2) is 0 Å². The van der Waals surface area contributed by atoms with Crippen LogP contribution in [0.15, 0.2) is 11.1 Å². The third kappa shape index (κ3) is 2.55. The minimum Gasteiger partial charge on any atom is -0.391 e. The van der Waals surface area contributed by atoms with E-state index in [9.17, 15) is 14.7 Å². The minimum absolute atomic E-state index is 0.143. The molecule has 0 bridgehead atoms. The van der Waals surface area contributed by atoms with Crippen molar-refractivity contribution in [1.29, 1.82) is 0 Å². The van der Waals surface area contributed by atoms with Gasteiger partial charge in [0.25, 0.3) is 11.5 Å². The van der Waals surface area contributed by atoms with Crippen LogP contribution in [0.5, 0.6) is 0 Å². The van der Waals surface area contributed by atoms with E-state index in [1.165, 1.54) is 22.2 Å². The molecule has 118 valence electrons. The highest BCUT2D eigenvalue weighted by Gasteiger charge is 2.27. The molecule has 0 saturated heterocycles. The summed E-state index contributed by atoms with van der Waals surface area (Å²) in [5.74, 6) is -0.228. The number of fused-ring (bicyclic) bond motifs is 1. The molecule has 7 heteroatoms. The van der Waals surface area contributed by atoms with Crippen molar-refractivity contribution in [2.75, 3.05) is 0 Å². The lowest BCUT2D eigenvalue weighted by molar-refractivity contribution is 0.0720. The highest BCUT2D eigenvalue weighted by molar-refractivity contribution is 7.20. The second kappa shape index (κ2) is 5.81. The molecule has 2 atom stereocenters. The van der Waals surface area contributed by atoms with Crippen molar-refractivity contribution in [2.45, 2.75) is 44.8 Å². The normalized spacial score (nSPS) is 22.0. The van der Waals surface area contributed by atoms with Crippen LogP contribution in [0.4, 0.5) is 0 Å². The zero-order valence-electron chi connectivity index (χ0n) is 12.6. The summed E-state index contributed by atoms with van der Waals surface area (Å²) < 4.78 is 1.41. The van der Waals surface area contributed by atoms with Crippen molar-refractivity contribution in [3.63, 3.8) is 0 Å². The second-order valence-corrected chi connectivity index (χ2v) is 6.83. The first-order chi connectivity index (χ1) is 10.5. The number of aryl methyl sites for hydroxylation is 2. The molecule has 6 nitrogen and oxygen atoms in total. The smallest absolute Gasteiger partial charge is 0.262 e. The molecule has 1 fully saturated rings. The summed E-state index contributed by atoms with van der Waals surface area (Å²) in [5, 5.41) is 13.4. The number of hydrogen-bond acceptors (Lipinski definition) is 5. The Morgan fingerprint density at radius 2 is 2.18 bits per heavy atom. The Bertz CT molecular complexity index is 780. The van der Waals surface area contributed by atoms with E-state index in [2.05, 4.69) is 10.3 Å². The fourth-order valence-electron chi connectivity index (χ4n) is 2.94. The zero-order valence-corrected chi connectivity index (χ0v) is 13.4. The van der Waals surface area contributed by atoms with E-state index >= 15 is 0 Å². The molecule has 0 radical (unpaired) electrons. The van der Waals surface area contributed by atoms with Crippen molar-refractivity contribution >= 4 is 27.5 Å². The van der Waals surface area contributed by atoms with Crippen molar-refractivity contribution in [3.8, 4) is 0 Å². The number of aliphatic hydroxyl groups excluding tert-OH is 1. The molecule has 1 aliphatic carbocycles. The number of aromatic nitrogens is 2. The molecule has 0 aromatic carbocycles. The number of amides is 1. The first-order valence-electron chi connectivity index (χ1n) is 7.42. The lowest BCUT2D eigenvalue weighted by atomic mass is 9.92. The van der Waals surface area contributed by atoms with E-state index < -0.39 is 6.10 Å². The Morgan fingerprint density at radius 1 is 1.45 bits per heavy atom. The van der Waals surface area contributed by atoms with Crippen LogP contribution in [0, 0.1) is 6.92 Å². The predicted molar refractivity (Wildman–Crippen MR) is 85.3 cm³/mol. The molecule has 2 aromatic heterocycles. The van der Waals surface area contributed by atoms with Crippen LogP contribution >= 0.6 is 11.3 Å². The van der Waals surface area contributed by atoms with Gasteiger partial charge in [-0.2, -0.15) is 0 Å². The van der Waals surface area contributed by atoms with Crippen molar-refractivity contribution in [1.82, 2.24) is 14.9 Å². The van der Waals surface area contributed by atoms with Crippen LogP contribution in [0.25, 0.3) is 10.2 Å². The van der Waals surface area contributed by atoms with Crippen LogP contribution in [-0.4, -0.2) is 32.7 Å². The summed E-state index contributed by atoms with van der Waals surface area (Å²) in [5.41, 5.74) is 0.520. The first-order valence-corrected chi connectivity index (χ1v) is 8.24. The van der Waals surface area contributed by atoms with E-state index in [1.54, 1.807) is 14.0 Å². The highest BCUT2D eigenvalue weighted by Crippen LogP contribution is 2.27. The number of aliphatic hydroxyl groups is 1. The fraction of sp³-hybridized carbons (Fsp3) is 0.533. The van der Waals surface area contributed by atoms with Crippen LogP contribution in [0.2, 0.25) is 0 Å². The summed E-state index contributed by atoms with van der Waals surface area (Å²) in [6, 6.07) is -0.207. The van der Waals surface area contributed by atoms with Crippen LogP contribution in [0.3, 0.4) is 0 Å². The molecule has 0 aliphatic heterocycles. The number of rotatable bonds is 2. The van der Waals surface area contributed by atoms with Crippen molar-refractivity contribution < 1.29 is 9.90 Å². The summed E-state index contributed by atoms with van der Waals surface area (Å²) in [7, 11) is 1.64. The predicted octanol–water partition coefficient (Wildman–Crippen LogP) is 1.34. The molecule has 1 amide bonds. The Balaban J connectivity index is 1.93. The maximum Gasteiger partial charge on any atom is 0.262 e. The minimum atomic E-state index is -0.488. The van der Waals surface area contributed by atoms with Gasteiger partial charge in [-0.05, 0) is 25.3 Å². The summed E-state index contributed by atoms with van der Waals surface area (Å²) >= 11 is 1.23. The quantitative estimate of drug-likeness (QED) is 0.874. The molecule has 2 aromatic rings. The summed E-state index contributed by atoms with van der Waals surface area (Å²) in [4.78, 5) is 30.0. The molecule has 3 rings (SSSR count). The van der Waals surface area contributed by atoms with Gasteiger partial charge in [-0.3, -0.25) is 9.59 Å². The van der Waals surface area contributed by atoms with Crippen molar-refractivity contribution in [2.24, 2.45) is 7.05 Å². The molecule has 1 aliphatic rings. The summed E-state index contributed by atoms with van der Waals surface area (Å²) in [6.07, 6.45) is 4.49. The molecule has 2 heterocycles. The molecule has 22 heavy (non-hydrogen) atoms. The van der Waals surface area contributed by atoms with E-state index in [0.717, 1.165) is 25.7 Å². The lowest BCUT2D eigenvalue weighted by Crippen LogP contribution is -2.45. The number of carbonyl (C=O) groups excluding carboxylic acids is 1. The fourth-order valence-corrected chi connectivity index (χ4v) is 3.98. The Kier molecular flexibility index (Phi) is 4.01.